The lowest BCUT2D eigenvalue weighted by Crippen LogP contribution is -2.45. The molecule has 0 aliphatic rings. The van der Waals surface area contributed by atoms with Crippen LogP contribution in [0.25, 0.3) is 0 Å². The summed E-state index contributed by atoms with van der Waals surface area (Å²) in [7, 11) is -3.90. The van der Waals surface area contributed by atoms with Crippen LogP contribution in [0.4, 0.5) is 13.2 Å². The van der Waals surface area contributed by atoms with Crippen molar-refractivity contribution in [3.63, 3.8) is 0 Å². The van der Waals surface area contributed by atoms with E-state index in [0.29, 0.717) is 0 Å². The molecule has 0 aromatic heterocycles. The zero-order valence-corrected chi connectivity index (χ0v) is 14.6. The fourth-order valence-corrected chi connectivity index (χ4v) is 7.84. The smallest absolute Gasteiger partial charge is 0.392 e. The molecule has 126 valence electrons. The lowest BCUT2D eigenvalue weighted by atomic mass is 10.4. The summed E-state index contributed by atoms with van der Waals surface area (Å²) in [6.07, 6.45) is -2.96. The van der Waals surface area contributed by atoms with Crippen LogP contribution in [0.2, 0.25) is 32.7 Å². The van der Waals surface area contributed by atoms with Gasteiger partial charge in [0.25, 0.3) is 0 Å². The molecule has 0 aliphatic heterocycles. The third kappa shape index (κ3) is 21.6. The topological polar surface area (TPSA) is 35.5 Å². The zero-order valence-electron chi connectivity index (χ0n) is 12.6. The Morgan fingerprint density at radius 1 is 1.14 bits per heavy atom. The van der Waals surface area contributed by atoms with Crippen molar-refractivity contribution in [2.75, 3.05) is 0 Å². The van der Waals surface area contributed by atoms with Crippen LogP contribution < -0.4 is 0 Å². The van der Waals surface area contributed by atoms with Crippen LogP contribution in [-0.4, -0.2) is 29.0 Å². The second-order valence-electron chi connectivity index (χ2n) is 5.35. The van der Waals surface area contributed by atoms with E-state index >= 15 is 0 Å². The van der Waals surface area contributed by atoms with Crippen LogP contribution in [0.3, 0.4) is 0 Å². The SMILES string of the molecule is C.C=CC(=O)O[Si](C)(C)O[Si](C)(C)C.C=CCC(F)(F)F. The summed E-state index contributed by atoms with van der Waals surface area (Å²) in [5, 5.41) is 0. The first-order valence-corrected chi connectivity index (χ1v) is 12.2. The van der Waals surface area contributed by atoms with E-state index in [1.165, 1.54) is 6.08 Å². The van der Waals surface area contributed by atoms with Crippen molar-refractivity contribution in [1.29, 1.82) is 0 Å². The number of carbonyl (C=O) groups is 1. The molecule has 0 aliphatic carbocycles. The van der Waals surface area contributed by atoms with Gasteiger partial charge in [-0.1, -0.05) is 20.1 Å². The van der Waals surface area contributed by atoms with Crippen molar-refractivity contribution in [1.82, 2.24) is 0 Å². The van der Waals surface area contributed by atoms with E-state index in [2.05, 4.69) is 32.8 Å². The highest BCUT2D eigenvalue weighted by atomic mass is 28.4. The van der Waals surface area contributed by atoms with Crippen LogP contribution >= 0.6 is 0 Å². The Balaban J connectivity index is -0.000000347. The highest BCUT2D eigenvalue weighted by Crippen LogP contribution is 2.18. The molecule has 3 nitrogen and oxygen atoms in total. The largest absolute Gasteiger partial charge is 0.492 e. The summed E-state index contributed by atoms with van der Waals surface area (Å²) in [6, 6.07) is 0. The number of allylic oxidation sites excluding steroid dienone is 1. The van der Waals surface area contributed by atoms with Gasteiger partial charge >= 0.3 is 20.7 Å². The number of rotatable bonds is 5. The molecular formula is C13H27F3O3Si2. The van der Waals surface area contributed by atoms with Gasteiger partial charge in [0.15, 0.2) is 8.32 Å². The third-order valence-electron chi connectivity index (χ3n) is 1.44. The summed E-state index contributed by atoms with van der Waals surface area (Å²) >= 11 is 0. The lowest BCUT2D eigenvalue weighted by Gasteiger charge is -2.29. The van der Waals surface area contributed by atoms with Crippen molar-refractivity contribution >= 4 is 22.8 Å². The van der Waals surface area contributed by atoms with Crippen molar-refractivity contribution < 1.29 is 26.5 Å². The molecule has 0 amide bonds. The molecule has 0 radical (unpaired) electrons. The van der Waals surface area contributed by atoms with Gasteiger partial charge in [0.1, 0.15) is 0 Å². The van der Waals surface area contributed by atoms with Gasteiger partial charge in [-0.2, -0.15) is 13.2 Å². The van der Waals surface area contributed by atoms with Crippen molar-refractivity contribution in [3.8, 4) is 0 Å². The second-order valence-corrected chi connectivity index (χ2v) is 13.4. The summed E-state index contributed by atoms with van der Waals surface area (Å²) in [5.74, 6) is -0.394. The quantitative estimate of drug-likeness (QED) is 0.399. The molecule has 0 atom stereocenters. The monoisotopic (exact) mass is 344 g/mol. The molecule has 0 rings (SSSR count). The van der Waals surface area contributed by atoms with E-state index in [1.807, 2.05) is 13.1 Å². The van der Waals surface area contributed by atoms with Crippen LogP contribution in [0.5, 0.6) is 0 Å². The number of hydrogen-bond acceptors (Lipinski definition) is 3. The molecule has 0 saturated carbocycles. The predicted molar refractivity (Wildman–Crippen MR) is 85.8 cm³/mol. The van der Waals surface area contributed by atoms with Crippen molar-refractivity contribution in [2.24, 2.45) is 0 Å². The number of hydrogen-bond donors (Lipinski definition) is 0. The van der Waals surface area contributed by atoms with Gasteiger partial charge in [-0.15, -0.1) is 6.58 Å². The summed E-state index contributed by atoms with van der Waals surface area (Å²) in [6.45, 7) is 16.2. The van der Waals surface area contributed by atoms with Gasteiger partial charge in [-0.3, -0.25) is 0 Å². The first-order chi connectivity index (χ1) is 8.72. The minimum Gasteiger partial charge on any atom is -0.492 e. The first-order valence-electron chi connectivity index (χ1n) is 5.95. The van der Waals surface area contributed by atoms with Crippen LogP contribution in [-0.2, 0) is 13.3 Å². The maximum Gasteiger partial charge on any atom is 0.392 e. The molecular weight excluding hydrogens is 317 g/mol. The van der Waals surface area contributed by atoms with Crippen LogP contribution in [0, 0.1) is 0 Å². The third-order valence-corrected chi connectivity index (χ3v) is 6.55. The highest BCUT2D eigenvalue weighted by Gasteiger charge is 2.34. The normalized spacial score (nSPS) is 11.4. The number of halogens is 3. The average Bonchev–Trinajstić information content (AvgIpc) is 2.11. The van der Waals surface area contributed by atoms with Gasteiger partial charge in [-0.25, -0.2) is 4.79 Å². The molecule has 0 N–H and O–H groups in total. The molecule has 0 bridgehead atoms. The lowest BCUT2D eigenvalue weighted by molar-refractivity contribution is -0.130. The molecule has 0 saturated heterocycles. The fourth-order valence-electron chi connectivity index (χ4n) is 1.21. The Morgan fingerprint density at radius 3 is 1.76 bits per heavy atom. The van der Waals surface area contributed by atoms with Crippen LogP contribution in [0.15, 0.2) is 25.3 Å². The van der Waals surface area contributed by atoms with Gasteiger partial charge in [0.05, 0.1) is 6.42 Å². The first kappa shape index (κ1) is 25.1. The van der Waals surface area contributed by atoms with Gasteiger partial charge in [0, 0.05) is 6.08 Å². The van der Waals surface area contributed by atoms with E-state index in [9.17, 15) is 18.0 Å². The second kappa shape index (κ2) is 9.96. The van der Waals surface area contributed by atoms with Gasteiger partial charge in [-0.05, 0) is 32.7 Å². The molecule has 8 heteroatoms. The number of alkyl halides is 3. The van der Waals surface area contributed by atoms with Crippen molar-refractivity contribution in [3.05, 3.63) is 25.3 Å². The summed E-state index contributed by atoms with van der Waals surface area (Å²) < 4.78 is 43.9. The van der Waals surface area contributed by atoms with E-state index < -0.39 is 35.4 Å². The minimum absolute atomic E-state index is 0. The predicted octanol–water partition coefficient (Wildman–Crippen LogP) is 5.03. The Bertz CT molecular complexity index is 335. The minimum atomic E-state index is -4.07. The standard InChI is InChI=1S/C8H18O3Si2.C4H5F3.CH4/c1-7-8(9)10-13(5,6)11-12(2,3)4;1-2-3-4(5,6)7;/h7H,1H2,2-6H3;2H,1,3H2;1H4. The molecule has 0 aromatic carbocycles. The Morgan fingerprint density at radius 2 is 1.57 bits per heavy atom. The van der Waals surface area contributed by atoms with E-state index in [4.69, 9.17) is 8.54 Å². The molecule has 0 heterocycles. The zero-order chi connectivity index (χ0) is 16.6. The molecule has 0 spiro atoms. The molecule has 0 fully saturated rings. The van der Waals surface area contributed by atoms with E-state index in [0.717, 1.165) is 6.08 Å². The summed E-state index contributed by atoms with van der Waals surface area (Å²) in [4.78, 5) is 10.9. The average molecular weight is 345 g/mol. The van der Waals surface area contributed by atoms with Crippen molar-refractivity contribution in [2.45, 2.75) is 52.8 Å². The molecule has 0 aromatic rings. The number of carbonyl (C=O) groups excluding carboxylic acids is 1. The van der Waals surface area contributed by atoms with E-state index in [1.54, 1.807) is 0 Å². The maximum absolute atomic E-state index is 11.0. The molecule has 21 heavy (non-hydrogen) atoms. The van der Waals surface area contributed by atoms with Gasteiger partial charge in [0.2, 0.25) is 0 Å². The molecule has 0 unspecified atom stereocenters. The Labute approximate surface area is 128 Å². The Hall–Kier alpha value is -0.866. The Kier molecular flexibility index (Phi) is 11.9. The van der Waals surface area contributed by atoms with Crippen LogP contribution in [0.1, 0.15) is 13.8 Å². The van der Waals surface area contributed by atoms with E-state index in [-0.39, 0.29) is 7.43 Å². The van der Waals surface area contributed by atoms with Gasteiger partial charge < -0.3 is 8.54 Å². The highest BCUT2D eigenvalue weighted by molar-refractivity contribution is 6.81. The maximum atomic E-state index is 11.0. The fraction of sp³-hybridized carbons (Fsp3) is 0.615. The summed E-state index contributed by atoms with van der Waals surface area (Å²) in [5.41, 5.74) is 0.